The molecule has 434 valence electrons. The van der Waals surface area contributed by atoms with E-state index in [1.807, 2.05) is 80.2 Å². The zero-order valence-corrected chi connectivity index (χ0v) is 54.5. The van der Waals surface area contributed by atoms with Gasteiger partial charge in [-0.1, -0.05) is 193 Å². The number of ketones is 2. The van der Waals surface area contributed by atoms with Gasteiger partial charge in [-0.05, 0) is 123 Å². The minimum Gasteiger partial charge on any atom is -0.336 e. The highest BCUT2D eigenvalue weighted by molar-refractivity contribution is 7.32. The van der Waals surface area contributed by atoms with Gasteiger partial charge in [-0.3, -0.25) is 9.59 Å². The number of rotatable bonds is 35. The summed E-state index contributed by atoms with van der Waals surface area (Å²) in [5, 5.41) is 0. The van der Waals surface area contributed by atoms with Gasteiger partial charge in [0, 0.05) is 82.0 Å². The first-order valence-corrected chi connectivity index (χ1v) is 36.7. The van der Waals surface area contributed by atoms with E-state index in [1.54, 1.807) is 0 Å². The number of carbonyl (C=O) groups is 2. The lowest BCUT2D eigenvalue weighted by molar-refractivity contribution is 0.100. The Morgan fingerprint density at radius 1 is 0.354 bits per heavy atom. The predicted octanol–water partition coefficient (Wildman–Crippen LogP) is 25.0. The van der Waals surface area contributed by atoms with Crippen molar-refractivity contribution in [2.75, 3.05) is 22.9 Å². The van der Waals surface area contributed by atoms with Crippen LogP contribution in [0.25, 0.3) is 60.9 Å². The summed E-state index contributed by atoms with van der Waals surface area (Å²) in [6, 6.07) is 31.1. The van der Waals surface area contributed by atoms with Crippen molar-refractivity contribution in [3.8, 4) is 29.9 Å². The number of hydrogen-bond donors (Lipinski definition) is 0. The Morgan fingerprint density at radius 3 is 1.18 bits per heavy atom. The molecule has 2 aliphatic heterocycles. The minimum atomic E-state index is -0.0146. The summed E-state index contributed by atoms with van der Waals surface area (Å²) in [6.07, 6.45) is 41.0. The molecule has 0 amide bonds. The van der Waals surface area contributed by atoms with Crippen molar-refractivity contribution in [1.82, 2.24) is 0 Å². The van der Waals surface area contributed by atoms with E-state index in [1.165, 1.54) is 212 Å². The van der Waals surface area contributed by atoms with Crippen LogP contribution < -0.4 is 9.80 Å². The molecule has 10 rings (SSSR count). The highest BCUT2D eigenvalue weighted by atomic mass is 32.1. The number of unbranched alkanes of at least 4 members (excludes halogenated alkanes) is 26. The predicted molar refractivity (Wildman–Crippen MR) is 367 cm³/mol. The summed E-state index contributed by atoms with van der Waals surface area (Å²) < 4.78 is 5.38. The van der Waals surface area contributed by atoms with E-state index in [4.69, 9.17) is 0 Å². The second kappa shape index (κ2) is 30.6. The van der Waals surface area contributed by atoms with Crippen LogP contribution in [0.1, 0.15) is 235 Å². The Morgan fingerprint density at radius 2 is 0.744 bits per heavy atom. The minimum absolute atomic E-state index is 0.00867. The van der Waals surface area contributed by atoms with Crippen LogP contribution in [0.3, 0.4) is 0 Å². The first-order valence-electron chi connectivity index (χ1n) is 31.8. The third-order valence-electron chi connectivity index (χ3n) is 16.9. The lowest BCUT2D eigenvalue weighted by Gasteiger charge is -2.27. The molecule has 0 unspecified atom stereocenters. The number of aryl methyl sites for hydroxylation is 2. The fourth-order valence-electron chi connectivity index (χ4n) is 12.2. The number of carbonyl (C=O) groups excluding carboxylic acids is 2. The molecular formula is C72H88N2O2S6. The fraction of sp³-hybridized carbons (Fsp3) is 0.472. The molecule has 2 aliphatic rings. The molecule has 8 heterocycles. The van der Waals surface area contributed by atoms with Gasteiger partial charge in [-0.2, -0.15) is 0 Å². The molecular weight excluding hydrogens is 1120 g/mol. The first-order chi connectivity index (χ1) is 40.3. The van der Waals surface area contributed by atoms with Crippen molar-refractivity contribution in [3.05, 3.63) is 128 Å². The summed E-state index contributed by atoms with van der Waals surface area (Å²) in [5.74, 6) is -0.0233. The van der Waals surface area contributed by atoms with Crippen molar-refractivity contribution in [2.45, 2.75) is 207 Å². The summed E-state index contributed by atoms with van der Waals surface area (Å²) in [4.78, 5) is 44.9. The van der Waals surface area contributed by atoms with Gasteiger partial charge in [0.2, 0.25) is 11.6 Å². The Bertz CT molecular complexity index is 3360. The summed E-state index contributed by atoms with van der Waals surface area (Å²) in [7, 11) is 0. The van der Waals surface area contributed by atoms with Gasteiger partial charge >= 0.3 is 0 Å². The largest absolute Gasteiger partial charge is 0.336 e. The summed E-state index contributed by atoms with van der Waals surface area (Å²) in [6.45, 7) is 10.3. The molecule has 0 N–H and O–H groups in total. The van der Waals surface area contributed by atoms with E-state index < -0.39 is 0 Å². The van der Waals surface area contributed by atoms with Gasteiger partial charge in [0.05, 0.1) is 11.4 Å². The molecule has 8 aromatic rings. The van der Waals surface area contributed by atoms with Gasteiger partial charge < -0.3 is 9.80 Å². The quantitative estimate of drug-likeness (QED) is 0.0293. The Labute approximate surface area is 515 Å². The van der Waals surface area contributed by atoms with E-state index in [-0.39, 0.29) is 11.6 Å². The van der Waals surface area contributed by atoms with Crippen molar-refractivity contribution in [3.63, 3.8) is 0 Å². The third kappa shape index (κ3) is 15.5. The summed E-state index contributed by atoms with van der Waals surface area (Å²) in [5.41, 5.74) is 6.78. The molecule has 0 radical (unpaired) electrons. The zero-order valence-electron chi connectivity index (χ0n) is 49.6. The normalized spacial score (nSPS) is 14.4. The van der Waals surface area contributed by atoms with E-state index in [9.17, 15) is 4.79 Å². The average Bonchev–Trinajstić information content (AvgIpc) is 2.89. The number of nitrogens with zero attached hydrogens (tertiary/aromatic N) is 2. The van der Waals surface area contributed by atoms with Crippen molar-refractivity contribution >= 4 is 122 Å². The van der Waals surface area contributed by atoms with Crippen LogP contribution in [0.15, 0.2) is 96.3 Å². The SMILES string of the molecule is CCCCCCCCCCCCCCCCN1/C(=C2\C(=O)c3ccc(-c4ccc(-c5cc6sc(/C=C/c7cc8sc(-c9ccc(C)s9)cc8s7)cc6s5)s4)cc3N2CCCCCCCCCCCCCCCC)C(=O)c2ccc(C)cc21. The number of Topliss-reactive ketones (excluding diaryl/α,β-unsaturated/α-hetero) is 2. The van der Waals surface area contributed by atoms with Crippen LogP contribution in [0.5, 0.6) is 0 Å². The maximum Gasteiger partial charge on any atom is 0.213 e. The molecule has 0 saturated heterocycles. The van der Waals surface area contributed by atoms with E-state index >= 15 is 4.79 Å². The number of fused-ring (bicyclic) bond motifs is 4. The second-order valence-electron chi connectivity index (χ2n) is 23.5. The van der Waals surface area contributed by atoms with Crippen LogP contribution in [0, 0.1) is 13.8 Å². The van der Waals surface area contributed by atoms with Gasteiger partial charge in [0.15, 0.2) is 0 Å². The first kappa shape index (κ1) is 60.7. The smallest absolute Gasteiger partial charge is 0.213 e. The highest BCUT2D eigenvalue weighted by Gasteiger charge is 2.43. The van der Waals surface area contributed by atoms with Crippen LogP contribution in [-0.2, 0) is 0 Å². The van der Waals surface area contributed by atoms with Crippen molar-refractivity contribution in [1.29, 1.82) is 0 Å². The van der Waals surface area contributed by atoms with E-state index in [0.29, 0.717) is 17.0 Å². The number of anilines is 2. The average molecular weight is 1210 g/mol. The lowest BCUT2D eigenvalue weighted by Crippen LogP contribution is -2.31. The Balaban J connectivity index is 0.814. The molecule has 10 heteroatoms. The molecule has 2 aromatic carbocycles. The molecule has 0 atom stereocenters. The molecule has 0 bridgehead atoms. The molecule has 0 saturated carbocycles. The van der Waals surface area contributed by atoms with Gasteiger partial charge in [-0.15, -0.1) is 68.0 Å². The standard InChI is InChI=1S/C72H88N2O2S6/c1-5-7-9-11-13-15-17-19-21-23-25-27-29-31-43-73-58-45-51(3)33-38-56(58)71(75)69(73)70-72(76)57-39-35-53(46-59(57)74(70)44-32-30-28-26-24-22-20-18-16-14-12-10-8-6-2)60-41-42-62(80-60)66-50-68-64(82-66)48-55(79-68)37-36-54-47-63-67(78-54)49-65(81-63)61-40-34-52(4)77-61/h33-42,45-50H,5-32,43-44H2,1-4H3/b37-36+,70-69+. The third-order valence-corrected chi connectivity index (χ3v) is 23.9. The van der Waals surface area contributed by atoms with Gasteiger partial charge in [-0.25, -0.2) is 0 Å². The number of thiophene rings is 6. The highest BCUT2D eigenvalue weighted by Crippen LogP contribution is 2.48. The molecule has 0 spiro atoms. The Kier molecular flexibility index (Phi) is 22.6. The summed E-state index contributed by atoms with van der Waals surface area (Å²) >= 11 is 11.2. The van der Waals surface area contributed by atoms with Crippen LogP contribution in [-0.4, -0.2) is 24.7 Å². The zero-order chi connectivity index (χ0) is 56.6. The fourth-order valence-corrected chi connectivity index (χ4v) is 18.9. The van der Waals surface area contributed by atoms with Crippen molar-refractivity contribution in [2.24, 2.45) is 0 Å². The number of allylic oxidation sites excluding steroid dienone is 2. The molecule has 6 aromatic heterocycles. The molecule has 0 aliphatic carbocycles. The number of hydrogen-bond acceptors (Lipinski definition) is 10. The van der Waals surface area contributed by atoms with Crippen LogP contribution >= 0.6 is 68.0 Å². The molecule has 4 nitrogen and oxygen atoms in total. The topological polar surface area (TPSA) is 40.6 Å². The van der Waals surface area contributed by atoms with Gasteiger partial charge in [0.1, 0.15) is 11.4 Å². The van der Waals surface area contributed by atoms with Crippen LogP contribution in [0.2, 0.25) is 0 Å². The van der Waals surface area contributed by atoms with E-state index in [2.05, 4.69) is 122 Å². The lowest BCUT2D eigenvalue weighted by atomic mass is 10.0. The number of benzene rings is 2. The van der Waals surface area contributed by atoms with Gasteiger partial charge in [0.25, 0.3) is 0 Å². The second-order valence-corrected chi connectivity index (χ2v) is 30.3. The maximum atomic E-state index is 15.1. The van der Waals surface area contributed by atoms with Crippen LogP contribution in [0.4, 0.5) is 11.4 Å². The van der Waals surface area contributed by atoms with E-state index in [0.717, 1.165) is 66.8 Å². The monoisotopic (exact) mass is 1200 g/mol. The maximum absolute atomic E-state index is 15.1. The van der Waals surface area contributed by atoms with Crippen molar-refractivity contribution < 1.29 is 9.59 Å². The Hall–Kier alpha value is -4.42. The molecule has 0 fully saturated rings. The molecule has 82 heavy (non-hydrogen) atoms.